The lowest BCUT2D eigenvalue weighted by Gasteiger charge is -2.17. The van der Waals surface area contributed by atoms with Crippen molar-refractivity contribution in [1.29, 1.82) is 0 Å². The summed E-state index contributed by atoms with van der Waals surface area (Å²) in [7, 11) is 0. The molecule has 3 heterocycles. The number of likely N-dealkylation sites (tertiary alicyclic amines) is 1. The molecule has 1 aliphatic carbocycles. The van der Waals surface area contributed by atoms with Gasteiger partial charge in [0.15, 0.2) is 5.76 Å². The minimum atomic E-state index is -0.841. The van der Waals surface area contributed by atoms with Crippen molar-refractivity contribution in [2.24, 2.45) is 23.5 Å². The van der Waals surface area contributed by atoms with Gasteiger partial charge in [0.25, 0.3) is 0 Å². The molecule has 0 bridgehead atoms. The topological polar surface area (TPSA) is 131 Å². The molecule has 0 radical (unpaired) electrons. The van der Waals surface area contributed by atoms with E-state index in [1.165, 1.54) is 4.90 Å². The van der Waals surface area contributed by atoms with Gasteiger partial charge in [0.1, 0.15) is 17.6 Å². The van der Waals surface area contributed by atoms with Gasteiger partial charge < -0.3 is 29.9 Å². The zero-order valence-electron chi connectivity index (χ0n) is 18.1. The van der Waals surface area contributed by atoms with Crippen LogP contribution in [0.25, 0.3) is 11.3 Å². The fourth-order valence-electron chi connectivity index (χ4n) is 4.65. The number of piperidine rings is 1. The molecular formula is C24H25N5O4. The standard InChI is InChI=1S/C24H25N5O4/c1-14(30)23-26-8-9-29(23)21(11-25)20-10-22(33-27-20)16-5-2-15(3-6-16)4-7-17-18-12-28(24(31)32)13-19(17)18/h2-3,5-6,8-10,14,17-19,21,30H,11-13,25H2,1H3,(H,31,32)/t14-,17-,18-,19+,21+/m0/s1. The Kier molecular flexibility index (Phi) is 5.40. The van der Waals surface area contributed by atoms with Crippen LogP contribution in [0.4, 0.5) is 4.79 Å². The van der Waals surface area contributed by atoms with E-state index in [9.17, 15) is 9.90 Å². The first-order valence-corrected chi connectivity index (χ1v) is 10.9. The number of rotatable bonds is 5. The fraction of sp³-hybridized carbons (Fsp3) is 0.375. The van der Waals surface area contributed by atoms with Crippen molar-refractivity contribution < 1.29 is 19.5 Å². The van der Waals surface area contributed by atoms with Crippen molar-refractivity contribution in [1.82, 2.24) is 19.6 Å². The molecule has 0 spiro atoms. The Morgan fingerprint density at radius 1 is 1.30 bits per heavy atom. The first-order valence-electron chi connectivity index (χ1n) is 10.9. The van der Waals surface area contributed by atoms with Crippen LogP contribution in [0.3, 0.4) is 0 Å². The molecule has 1 aromatic carbocycles. The molecule has 1 aliphatic heterocycles. The van der Waals surface area contributed by atoms with Gasteiger partial charge in [-0.25, -0.2) is 9.78 Å². The molecule has 170 valence electrons. The number of carbonyl (C=O) groups is 1. The maximum absolute atomic E-state index is 11.0. The minimum absolute atomic E-state index is 0.282. The van der Waals surface area contributed by atoms with Crippen LogP contribution in [0.15, 0.2) is 47.2 Å². The van der Waals surface area contributed by atoms with Crippen molar-refractivity contribution in [3.05, 3.63) is 59.8 Å². The SMILES string of the molecule is C[C@H](O)c1nccn1[C@H](CN)c1cc(-c2ccc(C#C[C@@H]3[C@H]4CN(C(=O)O)C[C@@H]34)cc2)on1. The second-order valence-electron chi connectivity index (χ2n) is 8.62. The lowest BCUT2D eigenvalue weighted by Crippen LogP contribution is -2.29. The Morgan fingerprint density at radius 3 is 2.67 bits per heavy atom. The molecule has 0 unspecified atom stereocenters. The number of hydrogen-bond donors (Lipinski definition) is 3. The van der Waals surface area contributed by atoms with Gasteiger partial charge in [0.05, 0.1) is 6.04 Å². The van der Waals surface area contributed by atoms with Gasteiger partial charge >= 0.3 is 6.09 Å². The molecular weight excluding hydrogens is 422 g/mol. The Balaban J connectivity index is 1.27. The van der Waals surface area contributed by atoms with Gasteiger partial charge in [-0.15, -0.1) is 0 Å². The van der Waals surface area contributed by atoms with E-state index in [4.69, 9.17) is 15.4 Å². The lowest BCUT2D eigenvalue weighted by molar-refractivity contribution is 0.149. The number of amides is 1. The summed E-state index contributed by atoms with van der Waals surface area (Å²) in [4.78, 5) is 16.7. The zero-order valence-corrected chi connectivity index (χ0v) is 18.1. The summed E-state index contributed by atoms with van der Waals surface area (Å²) >= 11 is 0. The van der Waals surface area contributed by atoms with Crippen LogP contribution in [-0.2, 0) is 0 Å². The molecule has 3 aromatic rings. The molecule has 33 heavy (non-hydrogen) atoms. The summed E-state index contributed by atoms with van der Waals surface area (Å²) in [5, 5.41) is 23.2. The largest absolute Gasteiger partial charge is 0.465 e. The summed E-state index contributed by atoms with van der Waals surface area (Å²) in [5.41, 5.74) is 8.43. The van der Waals surface area contributed by atoms with Crippen molar-refractivity contribution in [3.63, 3.8) is 0 Å². The monoisotopic (exact) mass is 447 g/mol. The molecule has 9 nitrogen and oxygen atoms in total. The van der Waals surface area contributed by atoms with Gasteiger partial charge in [0, 0.05) is 55.1 Å². The second kappa shape index (κ2) is 8.39. The number of hydrogen-bond acceptors (Lipinski definition) is 6. The third-order valence-corrected chi connectivity index (χ3v) is 6.52. The summed E-state index contributed by atoms with van der Waals surface area (Å²) in [6.07, 6.45) is 1.84. The van der Waals surface area contributed by atoms with Gasteiger partial charge in [-0.1, -0.05) is 17.0 Å². The maximum Gasteiger partial charge on any atom is 0.407 e. The summed E-state index contributed by atoms with van der Waals surface area (Å²) in [6.45, 7) is 3.12. The predicted octanol–water partition coefficient (Wildman–Crippen LogP) is 2.35. The maximum atomic E-state index is 11.0. The van der Waals surface area contributed by atoms with E-state index in [1.807, 2.05) is 34.9 Å². The Morgan fingerprint density at radius 2 is 2.03 bits per heavy atom. The third kappa shape index (κ3) is 3.99. The first-order chi connectivity index (χ1) is 16.0. The van der Waals surface area contributed by atoms with Crippen molar-refractivity contribution >= 4 is 6.09 Å². The Labute approximate surface area is 190 Å². The predicted molar refractivity (Wildman–Crippen MR) is 119 cm³/mol. The molecule has 9 heteroatoms. The third-order valence-electron chi connectivity index (χ3n) is 6.52. The number of imidazole rings is 1. The number of aromatic nitrogens is 3. The van der Waals surface area contributed by atoms with E-state index >= 15 is 0 Å². The normalized spacial score (nSPS) is 22.9. The molecule has 1 saturated heterocycles. The smallest absolute Gasteiger partial charge is 0.407 e. The van der Waals surface area contributed by atoms with Crippen molar-refractivity contribution in [2.75, 3.05) is 19.6 Å². The molecule has 5 rings (SSSR count). The van der Waals surface area contributed by atoms with Crippen LogP contribution in [-0.4, -0.2) is 55.5 Å². The number of carboxylic acid groups (broad SMARTS) is 1. The number of nitrogens with zero attached hydrogens (tertiary/aromatic N) is 4. The Hall–Kier alpha value is -3.61. The molecule has 1 amide bonds. The highest BCUT2D eigenvalue weighted by Gasteiger charge is 2.56. The van der Waals surface area contributed by atoms with E-state index in [-0.39, 0.29) is 12.6 Å². The van der Waals surface area contributed by atoms with E-state index in [0.717, 1.165) is 11.1 Å². The van der Waals surface area contributed by atoms with E-state index in [1.54, 1.807) is 19.3 Å². The highest BCUT2D eigenvalue weighted by atomic mass is 16.5. The highest BCUT2D eigenvalue weighted by Crippen LogP contribution is 2.51. The van der Waals surface area contributed by atoms with Gasteiger partial charge in [-0.2, -0.15) is 0 Å². The van der Waals surface area contributed by atoms with E-state index in [0.29, 0.717) is 48.1 Å². The van der Waals surface area contributed by atoms with Gasteiger partial charge in [-0.05, 0) is 43.0 Å². The second-order valence-corrected chi connectivity index (χ2v) is 8.62. The van der Waals surface area contributed by atoms with Crippen molar-refractivity contribution in [2.45, 2.75) is 19.1 Å². The number of aliphatic hydroxyl groups excluding tert-OH is 1. The Bertz CT molecular complexity index is 1210. The van der Waals surface area contributed by atoms with Crippen LogP contribution in [0.1, 0.15) is 36.2 Å². The molecule has 4 N–H and O–H groups in total. The average molecular weight is 447 g/mol. The molecule has 1 saturated carbocycles. The molecule has 5 atom stereocenters. The van der Waals surface area contributed by atoms with Crippen LogP contribution in [0, 0.1) is 29.6 Å². The average Bonchev–Trinajstić information content (AvgIpc) is 3.32. The van der Waals surface area contributed by atoms with Crippen LogP contribution >= 0.6 is 0 Å². The number of fused-ring (bicyclic) bond motifs is 1. The highest BCUT2D eigenvalue weighted by molar-refractivity contribution is 5.66. The van der Waals surface area contributed by atoms with Gasteiger partial charge in [-0.3, -0.25) is 0 Å². The first kappa shape index (κ1) is 21.2. The summed E-state index contributed by atoms with van der Waals surface area (Å²) < 4.78 is 7.38. The zero-order chi connectivity index (χ0) is 23.1. The van der Waals surface area contributed by atoms with E-state index in [2.05, 4.69) is 22.0 Å². The van der Waals surface area contributed by atoms with Crippen LogP contribution in [0.5, 0.6) is 0 Å². The number of nitrogens with two attached hydrogens (primary N) is 1. The lowest BCUT2D eigenvalue weighted by atomic mass is 10.1. The summed E-state index contributed by atoms with van der Waals surface area (Å²) in [6, 6.07) is 9.30. The molecule has 2 aromatic heterocycles. The van der Waals surface area contributed by atoms with E-state index < -0.39 is 12.2 Å². The number of aliphatic hydroxyl groups is 1. The summed E-state index contributed by atoms with van der Waals surface area (Å²) in [5.74, 6) is 8.70. The van der Waals surface area contributed by atoms with Gasteiger partial charge in [0.2, 0.25) is 0 Å². The molecule has 2 fully saturated rings. The number of benzene rings is 1. The quantitative estimate of drug-likeness (QED) is 0.512. The van der Waals surface area contributed by atoms with Crippen LogP contribution in [0.2, 0.25) is 0 Å². The van der Waals surface area contributed by atoms with Crippen molar-refractivity contribution in [3.8, 4) is 23.2 Å². The minimum Gasteiger partial charge on any atom is -0.465 e. The molecule has 2 aliphatic rings. The van der Waals surface area contributed by atoms with Crippen LogP contribution < -0.4 is 5.73 Å². The fourth-order valence-corrected chi connectivity index (χ4v) is 4.65.